The van der Waals surface area contributed by atoms with E-state index in [2.05, 4.69) is 4.99 Å². The second-order valence-electron chi connectivity index (χ2n) is 4.59. The van der Waals surface area contributed by atoms with E-state index in [0.29, 0.717) is 36.1 Å². The summed E-state index contributed by atoms with van der Waals surface area (Å²) in [7, 11) is 0. The lowest BCUT2D eigenvalue weighted by Gasteiger charge is -2.11. The first-order valence-electron chi connectivity index (χ1n) is 6.41. The predicted molar refractivity (Wildman–Crippen MR) is 74.5 cm³/mol. The average Bonchev–Trinajstić information content (AvgIpc) is 3.00. The Kier molecular flexibility index (Phi) is 3.48. The van der Waals surface area contributed by atoms with Crippen molar-refractivity contribution in [3.8, 4) is 11.1 Å². The smallest absolute Gasteiger partial charge is 0.219 e. The Morgan fingerprint density at radius 1 is 1.14 bits per heavy atom. The highest BCUT2D eigenvalue weighted by molar-refractivity contribution is 6.01. The zero-order valence-electron chi connectivity index (χ0n) is 11.0. The molecule has 2 aromatic rings. The molecule has 0 aliphatic carbocycles. The van der Waals surface area contributed by atoms with Gasteiger partial charge in [-0.2, -0.15) is 0 Å². The Bertz CT molecular complexity index is 724. The van der Waals surface area contributed by atoms with E-state index in [-0.39, 0.29) is 11.5 Å². The van der Waals surface area contributed by atoms with Crippen LogP contribution in [0.25, 0.3) is 11.1 Å². The van der Waals surface area contributed by atoms with Crippen LogP contribution >= 0.6 is 0 Å². The maximum Gasteiger partial charge on any atom is 0.219 e. The molecule has 5 heteroatoms. The van der Waals surface area contributed by atoms with Crippen molar-refractivity contribution in [3.63, 3.8) is 0 Å². The summed E-state index contributed by atoms with van der Waals surface area (Å²) in [6.07, 6.45) is 0.709. The second-order valence-corrected chi connectivity index (χ2v) is 4.59. The molecule has 0 saturated heterocycles. The van der Waals surface area contributed by atoms with Crippen molar-refractivity contribution in [2.75, 3.05) is 13.2 Å². The minimum Gasteiger partial charge on any atom is -0.475 e. The maximum absolute atomic E-state index is 14.1. The van der Waals surface area contributed by atoms with Crippen molar-refractivity contribution in [2.45, 2.75) is 0 Å². The van der Waals surface area contributed by atoms with Gasteiger partial charge < -0.3 is 4.74 Å². The first-order valence-corrected chi connectivity index (χ1v) is 6.41. The maximum atomic E-state index is 14.1. The molecular weight excluding hydrogens is 276 g/mol. The number of hydrogen-bond donors (Lipinski definition) is 0. The van der Waals surface area contributed by atoms with Crippen molar-refractivity contribution in [1.82, 2.24) is 0 Å². The summed E-state index contributed by atoms with van der Waals surface area (Å²) in [4.78, 5) is 14.8. The highest BCUT2D eigenvalue weighted by Crippen LogP contribution is 2.29. The Balaban J connectivity index is 2.17. The van der Waals surface area contributed by atoms with Crippen LogP contribution in [0.5, 0.6) is 0 Å². The number of hydrogen-bond acceptors (Lipinski definition) is 3. The van der Waals surface area contributed by atoms with Crippen LogP contribution in [0.4, 0.5) is 8.78 Å². The van der Waals surface area contributed by atoms with Crippen molar-refractivity contribution in [2.24, 2.45) is 4.99 Å². The van der Waals surface area contributed by atoms with Crippen LogP contribution in [-0.4, -0.2) is 25.3 Å². The topological polar surface area (TPSA) is 38.7 Å². The van der Waals surface area contributed by atoms with E-state index in [1.54, 1.807) is 24.3 Å². The third kappa shape index (κ3) is 2.54. The molecule has 1 aliphatic rings. The molecule has 3 nitrogen and oxygen atoms in total. The van der Waals surface area contributed by atoms with Gasteiger partial charge in [0.25, 0.3) is 0 Å². The van der Waals surface area contributed by atoms with E-state index < -0.39 is 11.6 Å². The van der Waals surface area contributed by atoms with Gasteiger partial charge in [-0.15, -0.1) is 0 Å². The standard InChI is InChI=1S/C16H11F2NO2/c17-12-7-13(11-3-1-10(9-20)2-4-11)15(14(18)8-12)16-19-5-6-21-16/h1-4,7-9H,5-6H2. The van der Waals surface area contributed by atoms with Crippen LogP contribution in [0.1, 0.15) is 15.9 Å². The van der Waals surface area contributed by atoms with Gasteiger partial charge in [0.15, 0.2) is 0 Å². The summed E-state index contributed by atoms with van der Waals surface area (Å²) in [5, 5.41) is 0. The molecule has 21 heavy (non-hydrogen) atoms. The number of halogens is 2. The van der Waals surface area contributed by atoms with Gasteiger partial charge in [-0.1, -0.05) is 24.3 Å². The number of rotatable bonds is 3. The summed E-state index contributed by atoms with van der Waals surface area (Å²) in [6.45, 7) is 0.839. The van der Waals surface area contributed by atoms with Gasteiger partial charge in [0.2, 0.25) is 5.90 Å². The quantitative estimate of drug-likeness (QED) is 0.813. The van der Waals surface area contributed by atoms with Crippen LogP contribution in [-0.2, 0) is 4.74 Å². The van der Waals surface area contributed by atoms with Crippen molar-refractivity contribution >= 4 is 12.2 Å². The molecule has 0 amide bonds. The Morgan fingerprint density at radius 3 is 2.52 bits per heavy atom. The fourth-order valence-electron chi connectivity index (χ4n) is 2.25. The van der Waals surface area contributed by atoms with E-state index in [1.165, 1.54) is 6.07 Å². The summed E-state index contributed by atoms with van der Waals surface area (Å²) in [5.41, 5.74) is 1.58. The summed E-state index contributed by atoms with van der Waals surface area (Å²) in [6, 6.07) is 8.49. The van der Waals surface area contributed by atoms with Crippen LogP contribution < -0.4 is 0 Å². The minimum atomic E-state index is -0.717. The zero-order valence-corrected chi connectivity index (χ0v) is 11.0. The Hall–Kier alpha value is -2.56. The van der Waals surface area contributed by atoms with Gasteiger partial charge in [-0.05, 0) is 11.6 Å². The fourth-order valence-corrected chi connectivity index (χ4v) is 2.25. The monoisotopic (exact) mass is 287 g/mol. The number of carbonyl (C=O) groups excluding carboxylic acids is 1. The molecule has 2 aromatic carbocycles. The highest BCUT2D eigenvalue weighted by atomic mass is 19.1. The lowest BCUT2D eigenvalue weighted by atomic mass is 9.98. The lowest BCUT2D eigenvalue weighted by molar-refractivity contribution is 0.112. The molecule has 0 saturated carbocycles. The summed E-state index contributed by atoms with van der Waals surface area (Å²) in [5.74, 6) is -1.21. The van der Waals surface area contributed by atoms with Crippen LogP contribution in [0.15, 0.2) is 41.4 Å². The van der Waals surface area contributed by atoms with Gasteiger partial charge in [-0.25, -0.2) is 13.8 Å². The molecule has 3 rings (SSSR count). The molecule has 0 fully saturated rings. The summed E-state index contributed by atoms with van der Waals surface area (Å²) >= 11 is 0. The zero-order chi connectivity index (χ0) is 14.8. The van der Waals surface area contributed by atoms with Gasteiger partial charge in [0.05, 0.1) is 12.1 Å². The van der Waals surface area contributed by atoms with Crippen LogP contribution in [0, 0.1) is 11.6 Å². The minimum absolute atomic E-state index is 0.146. The van der Waals surface area contributed by atoms with Gasteiger partial charge in [0.1, 0.15) is 24.5 Å². The van der Waals surface area contributed by atoms with Crippen molar-refractivity contribution < 1.29 is 18.3 Å². The Labute approximate surface area is 119 Å². The molecule has 0 atom stereocenters. The van der Waals surface area contributed by atoms with Crippen molar-refractivity contribution in [1.29, 1.82) is 0 Å². The van der Waals surface area contributed by atoms with Crippen LogP contribution in [0.2, 0.25) is 0 Å². The third-order valence-corrected chi connectivity index (χ3v) is 3.21. The van der Waals surface area contributed by atoms with E-state index in [9.17, 15) is 13.6 Å². The Morgan fingerprint density at radius 2 is 1.90 bits per heavy atom. The number of nitrogens with zero attached hydrogens (tertiary/aromatic N) is 1. The SMILES string of the molecule is O=Cc1ccc(-c2cc(F)cc(F)c2C2=NCCO2)cc1. The van der Waals surface area contributed by atoms with E-state index in [4.69, 9.17) is 4.74 Å². The number of aliphatic imine (C=N–C) groups is 1. The fraction of sp³-hybridized carbons (Fsp3) is 0.125. The van der Waals surface area contributed by atoms with Gasteiger partial charge >= 0.3 is 0 Å². The number of carbonyl (C=O) groups is 1. The number of ether oxygens (including phenoxy) is 1. The molecule has 1 heterocycles. The molecule has 106 valence electrons. The normalized spacial score (nSPS) is 13.7. The van der Waals surface area contributed by atoms with E-state index >= 15 is 0 Å². The first-order chi connectivity index (χ1) is 10.2. The molecule has 0 unspecified atom stereocenters. The highest BCUT2D eigenvalue weighted by Gasteiger charge is 2.21. The van der Waals surface area contributed by atoms with Crippen molar-refractivity contribution in [3.05, 3.63) is 59.2 Å². The second kappa shape index (κ2) is 5.44. The van der Waals surface area contributed by atoms with E-state index in [1.807, 2.05) is 0 Å². The lowest BCUT2D eigenvalue weighted by Crippen LogP contribution is -2.07. The molecule has 0 N–H and O–H groups in total. The number of aldehydes is 1. The molecule has 0 bridgehead atoms. The average molecular weight is 287 g/mol. The molecular formula is C16H11F2NO2. The molecule has 1 aliphatic heterocycles. The third-order valence-electron chi connectivity index (χ3n) is 3.21. The largest absolute Gasteiger partial charge is 0.475 e. The molecule has 0 aromatic heterocycles. The van der Waals surface area contributed by atoms with E-state index in [0.717, 1.165) is 6.07 Å². The predicted octanol–water partition coefficient (Wildman–Crippen LogP) is 3.22. The van der Waals surface area contributed by atoms with Gasteiger partial charge in [-0.3, -0.25) is 4.79 Å². The summed E-state index contributed by atoms with van der Waals surface area (Å²) < 4.78 is 33.0. The number of benzene rings is 2. The molecule has 0 radical (unpaired) electrons. The molecule has 0 spiro atoms. The van der Waals surface area contributed by atoms with Crippen LogP contribution in [0.3, 0.4) is 0 Å². The van der Waals surface area contributed by atoms with Gasteiger partial charge in [0, 0.05) is 17.2 Å². The first kappa shape index (κ1) is 13.4.